The van der Waals surface area contributed by atoms with Crippen molar-refractivity contribution in [1.82, 2.24) is 0 Å². The van der Waals surface area contributed by atoms with Crippen molar-refractivity contribution in [2.24, 2.45) is 5.92 Å². The second-order valence-corrected chi connectivity index (χ2v) is 17.2. The van der Waals surface area contributed by atoms with Gasteiger partial charge in [0.25, 0.3) is 5.97 Å². The van der Waals surface area contributed by atoms with Crippen molar-refractivity contribution in [1.29, 1.82) is 0 Å². The van der Waals surface area contributed by atoms with Gasteiger partial charge in [-0.25, -0.2) is 0 Å². The van der Waals surface area contributed by atoms with Gasteiger partial charge in [-0.3, -0.25) is 4.79 Å². The fourth-order valence-electron chi connectivity index (χ4n) is 2.93. The van der Waals surface area contributed by atoms with Crippen LogP contribution in [0.2, 0.25) is 38.8 Å². The summed E-state index contributed by atoms with van der Waals surface area (Å²) in [6.45, 7) is 17.1. The molecular formula is C20H37NO3Si2. The average Bonchev–Trinajstić information content (AvgIpc) is 2.52. The molecule has 1 aromatic rings. The summed E-state index contributed by atoms with van der Waals surface area (Å²) >= 11 is 0. The topological polar surface area (TPSA) is 38.8 Å². The van der Waals surface area contributed by atoms with E-state index in [1.807, 2.05) is 44.8 Å². The summed E-state index contributed by atoms with van der Waals surface area (Å²) in [6.07, 6.45) is 1.07. The second kappa shape index (κ2) is 10.3. The molecule has 0 aliphatic rings. The Morgan fingerprint density at radius 3 is 2.27 bits per heavy atom. The predicted octanol–water partition coefficient (Wildman–Crippen LogP) is 5.14. The number of hydrogen-bond donors (Lipinski definition) is 0. The SMILES string of the molecule is CCO[Si](C)(C)CCCN(CC(C)C(=O)O[Si](C)(C)C)c1ccccc1. The Bertz CT molecular complexity index is 544. The van der Waals surface area contributed by atoms with Gasteiger partial charge in [0.15, 0.2) is 8.32 Å². The van der Waals surface area contributed by atoms with Crippen molar-refractivity contribution in [3.63, 3.8) is 0 Å². The third kappa shape index (κ3) is 9.01. The molecule has 1 aromatic carbocycles. The van der Waals surface area contributed by atoms with Gasteiger partial charge in [-0.15, -0.1) is 0 Å². The Kier molecular flexibility index (Phi) is 9.06. The number of benzene rings is 1. The molecule has 6 heteroatoms. The van der Waals surface area contributed by atoms with Gasteiger partial charge >= 0.3 is 0 Å². The average molecular weight is 396 g/mol. The molecule has 1 unspecified atom stereocenters. The fraction of sp³-hybridized carbons (Fsp3) is 0.650. The summed E-state index contributed by atoms with van der Waals surface area (Å²) in [5.74, 6) is -0.215. The Morgan fingerprint density at radius 1 is 1.12 bits per heavy atom. The van der Waals surface area contributed by atoms with E-state index in [2.05, 4.69) is 37.1 Å². The molecule has 1 rings (SSSR count). The number of anilines is 1. The molecule has 26 heavy (non-hydrogen) atoms. The predicted molar refractivity (Wildman–Crippen MR) is 116 cm³/mol. The Labute approximate surface area is 162 Å². The van der Waals surface area contributed by atoms with Gasteiger partial charge in [-0.05, 0) is 64.3 Å². The number of rotatable bonds is 11. The van der Waals surface area contributed by atoms with Crippen molar-refractivity contribution in [3.05, 3.63) is 30.3 Å². The van der Waals surface area contributed by atoms with Gasteiger partial charge in [0, 0.05) is 25.4 Å². The van der Waals surface area contributed by atoms with Crippen molar-refractivity contribution in [2.75, 3.05) is 24.6 Å². The van der Waals surface area contributed by atoms with E-state index in [4.69, 9.17) is 8.85 Å². The standard InChI is InChI=1S/C20H37NO3Si2/c1-8-23-26(6,7)16-12-15-21(19-13-10-9-11-14-19)17-18(2)20(22)24-25(3,4)5/h9-11,13-14,18H,8,12,15-17H2,1-7H3. The van der Waals surface area contributed by atoms with E-state index in [0.29, 0.717) is 6.54 Å². The Hall–Kier alpha value is -1.12. The van der Waals surface area contributed by atoms with Gasteiger partial charge < -0.3 is 13.8 Å². The minimum absolute atomic E-state index is 0.0749. The van der Waals surface area contributed by atoms with Crippen molar-refractivity contribution in [3.8, 4) is 0 Å². The molecule has 0 N–H and O–H groups in total. The zero-order valence-corrected chi connectivity index (χ0v) is 19.7. The van der Waals surface area contributed by atoms with Crippen LogP contribution in [0.25, 0.3) is 0 Å². The highest BCUT2D eigenvalue weighted by Gasteiger charge is 2.26. The zero-order valence-electron chi connectivity index (χ0n) is 17.7. The lowest BCUT2D eigenvalue weighted by molar-refractivity contribution is -0.138. The maximum Gasteiger partial charge on any atom is 0.297 e. The smallest absolute Gasteiger partial charge is 0.297 e. The van der Waals surface area contributed by atoms with E-state index in [1.165, 1.54) is 0 Å². The first-order chi connectivity index (χ1) is 12.0. The molecule has 0 spiro atoms. The number of carbonyl (C=O) groups excluding carboxylic acids is 1. The lowest BCUT2D eigenvalue weighted by Crippen LogP contribution is -2.38. The van der Waals surface area contributed by atoms with Crippen LogP contribution >= 0.6 is 0 Å². The maximum atomic E-state index is 12.4. The lowest BCUT2D eigenvalue weighted by Gasteiger charge is -2.30. The van der Waals surface area contributed by atoms with Crippen LogP contribution in [0.3, 0.4) is 0 Å². The quantitative estimate of drug-likeness (QED) is 0.486. The molecule has 0 aliphatic heterocycles. The molecule has 0 bridgehead atoms. The van der Waals surface area contributed by atoms with Crippen LogP contribution in [0, 0.1) is 5.92 Å². The van der Waals surface area contributed by atoms with E-state index < -0.39 is 16.6 Å². The van der Waals surface area contributed by atoms with Crippen LogP contribution in [0.5, 0.6) is 0 Å². The lowest BCUT2D eigenvalue weighted by atomic mass is 10.1. The van der Waals surface area contributed by atoms with Crippen LogP contribution in [0.4, 0.5) is 5.69 Å². The first-order valence-corrected chi connectivity index (χ1v) is 16.2. The molecule has 0 amide bonds. The molecule has 0 saturated heterocycles. The van der Waals surface area contributed by atoms with Gasteiger partial charge in [-0.1, -0.05) is 25.1 Å². The third-order valence-electron chi connectivity index (χ3n) is 4.17. The Balaban J connectivity index is 2.73. The monoisotopic (exact) mass is 395 g/mol. The van der Waals surface area contributed by atoms with Crippen molar-refractivity contribution >= 4 is 28.3 Å². The van der Waals surface area contributed by atoms with Crippen LogP contribution in [0.1, 0.15) is 20.3 Å². The van der Waals surface area contributed by atoms with Crippen molar-refractivity contribution < 1.29 is 13.6 Å². The molecule has 0 saturated carbocycles. The summed E-state index contributed by atoms with van der Waals surface area (Å²) < 4.78 is 11.6. The highest BCUT2D eigenvalue weighted by molar-refractivity contribution is 6.71. The van der Waals surface area contributed by atoms with E-state index in [9.17, 15) is 4.79 Å². The maximum absolute atomic E-state index is 12.4. The summed E-state index contributed by atoms with van der Waals surface area (Å²) in [6, 6.07) is 11.5. The largest absolute Gasteiger partial charge is 0.520 e. The highest BCUT2D eigenvalue weighted by atomic mass is 28.4. The van der Waals surface area contributed by atoms with Crippen molar-refractivity contribution in [2.45, 2.75) is 59.0 Å². The minimum Gasteiger partial charge on any atom is -0.520 e. The normalized spacial score (nSPS) is 13.3. The van der Waals surface area contributed by atoms with Gasteiger partial charge in [-0.2, -0.15) is 0 Å². The molecule has 0 radical (unpaired) electrons. The molecular weight excluding hydrogens is 358 g/mol. The summed E-state index contributed by atoms with van der Waals surface area (Å²) in [7, 11) is -3.43. The third-order valence-corrected chi connectivity index (χ3v) is 7.61. The number of hydrogen-bond acceptors (Lipinski definition) is 4. The molecule has 0 fully saturated rings. The van der Waals surface area contributed by atoms with E-state index in [-0.39, 0.29) is 11.9 Å². The fourth-order valence-corrected chi connectivity index (χ4v) is 5.67. The van der Waals surface area contributed by atoms with E-state index >= 15 is 0 Å². The van der Waals surface area contributed by atoms with E-state index in [1.54, 1.807) is 0 Å². The molecule has 0 heterocycles. The molecule has 0 aromatic heterocycles. The van der Waals surface area contributed by atoms with Crippen LogP contribution < -0.4 is 4.90 Å². The zero-order chi connectivity index (χ0) is 19.8. The molecule has 0 aliphatic carbocycles. The summed E-state index contributed by atoms with van der Waals surface area (Å²) in [4.78, 5) is 14.7. The second-order valence-electron chi connectivity index (χ2n) is 8.51. The van der Waals surface area contributed by atoms with Gasteiger partial charge in [0.05, 0.1) is 5.92 Å². The van der Waals surface area contributed by atoms with Crippen LogP contribution in [0.15, 0.2) is 30.3 Å². The number of carbonyl (C=O) groups is 1. The first kappa shape index (κ1) is 22.9. The van der Waals surface area contributed by atoms with Crippen LogP contribution in [-0.4, -0.2) is 42.3 Å². The molecule has 148 valence electrons. The van der Waals surface area contributed by atoms with Crippen LogP contribution in [-0.2, 0) is 13.6 Å². The first-order valence-electron chi connectivity index (χ1n) is 9.71. The Morgan fingerprint density at radius 2 is 1.73 bits per heavy atom. The number of para-hydroxylation sites is 1. The molecule has 1 atom stereocenters. The van der Waals surface area contributed by atoms with Gasteiger partial charge in [0.1, 0.15) is 0 Å². The number of nitrogens with zero attached hydrogens (tertiary/aromatic N) is 1. The minimum atomic E-state index is -1.85. The summed E-state index contributed by atoms with van der Waals surface area (Å²) in [5.41, 5.74) is 1.16. The summed E-state index contributed by atoms with van der Waals surface area (Å²) in [5, 5.41) is 0. The van der Waals surface area contributed by atoms with E-state index in [0.717, 1.165) is 31.3 Å². The molecule has 4 nitrogen and oxygen atoms in total. The highest BCUT2D eigenvalue weighted by Crippen LogP contribution is 2.20. The van der Waals surface area contributed by atoms with Gasteiger partial charge in [0.2, 0.25) is 8.32 Å².